The monoisotopic (exact) mass is 278 g/mol. The summed E-state index contributed by atoms with van der Waals surface area (Å²) in [7, 11) is 3.77. The summed E-state index contributed by atoms with van der Waals surface area (Å²) in [5.74, 6) is 0.991. The van der Waals surface area contributed by atoms with Crippen molar-refractivity contribution in [3.8, 4) is 5.75 Å². The minimum absolute atomic E-state index is 0.0751. The van der Waals surface area contributed by atoms with E-state index in [0.29, 0.717) is 19.7 Å². The lowest BCUT2D eigenvalue weighted by atomic mass is 10.2. The van der Waals surface area contributed by atoms with Gasteiger partial charge in [-0.15, -0.1) is 0 Å². The summed E-state index contributed by atoms with van der Waals surface area (Å²) < 4.78 is 5.66. The number of nitrogens with zero attached hydrogens (tertiary/aromatic N) is 1. The van der Waals surface area contributed by atoms with E-state index in [1.807, 2.05) is 31.1 Å². The first kappa shape index (κ1) is 16.5. The van der Waals surface area contributed by atoms with Crippen molar-refractivity contribution in [3.05, 3.63) is 29.8 Å². The van der Waals surface area contributed by atoms with Crippen LogP contribution in [-0.2, 0) is 11.2 Å². The van der Waals surface area contributed by atoms with Gasteiger partial charge in [0.2, 0.25) is 5.91 Å². The molecule has 0 unspecified atom stereocenters. The molecule has 0 saturated heterocycles. The van der Waals surface area contributed by atoms with Gasteiger partial charge in [-0.2, -0.15) is 0 Å². The molecule has 0 atom stereocenters. The predicted molar refractivity (Wildman–Crippen MR) is 82.1 cm³/mol. The molecule has 0 bridgehead atoms. The van der Waals surface area contributed by atoms with E-state index in [1.165, 1.54) is 5.56 Å². The largest absolute Gasteiger partial charge is 0.494 e. The molecule has 0 fully saturated rings. The van der Waals surface area contributed by atoms with Crippen LogP contribution in [0, 0.1) is 0 Å². The number of hydrogen-bond acceptors (Lipinski definition) is 3. The van der Waals surface area contributed by atoms with E-state index in [1.54, 1.807) is 0 Å². The second-order valence-corrected chi connectivity index (χ2v) is 5.14. The third-order valence-electron chi connectivity index (χ3n) is 2.95. The molecule has 0 aliphatic heterocycles. The van der Waals surface area contributed by atoms with Gasteiger partial charge in [0.25, 0.3) is 0 Å². The molecule has 112 valence electrons. The first-order valence-corrected chi connectivity index (χ1v) is 7.25. The van der Waals surface area contributed by atoms with Crippen molar-refractivity contribution in [3.63, 3.8) is 0 Å². The topological polar surface area (TPSA) is 41.6 Å². The summed E-state index contributed by atoms with van der Waals surface area (Å²) in [6.45, 7) is 3.99. The van der Waals surface area contributed by atoms with Crippen molar-refractivity contribution in [1.29, 1.82) is 0 Å². The van der Waals surface area contributed by atoms with Crippen molar-refractivity contribution >= 4 is 5.91 Å². The number of unbranched alkanes of at least 4 members (excludes halogenated alkanes) is 1. The van der Waals surface area contributed by atoms with Crippen LogP contribution in [0.25, 0.3) is 0 Å². The van der Waals surface area contributed by atoms with E-state index < -0.39 is 0 Å². The Balaban J connectivity index is 2.05. The molecule has 1 N–H and O–H groups in total. The molecular formula is C16H26N2O2. The van der Waals surface area contributed by atoms with Crippen molar-refractivity contribution in [2.75, 3.05) is 33.8 Å². The Morgan fingerprint density at radius 2 is 1.90 bits per heavy atom. The molecule has 1 aromatic rings. The third-order valence-corrected chi connectivity index (χ3v) is 2.95. The minimum Gasteiger partial charge on any atom is -0.494 e. The van der Waals surface area contributed by atoms with E-state index in [-0.39, 0.29) is 5.91 Å². The van der Waals surface area contributed by atoms with E-state index in [2.05, 4.69) is 24.4 Å². The smallest absolute Gasteiger partial charge is 0.234 e. The molecule has 0 radical (unpaired) electrons. The van der Waals surface area contributed by atoms with Crippen molar-refractivity contribution in [1.82, 2.24) is 10.2 Å². The maximum absolute atomic E-state index is 11.4. The number of likely N-dealkylation sites (N-methyl/N-ethyl adjacent to an activating group) is 1. The van der Waals surface area contributed by atoms with E-state index in [9.17, 15) is 4.79 Å². The van der Waals surface area contributed by atoms with Crippen LogP contribution < -0.4 is 10.1 Å². The molecule has 1 amide bonds. The molecule has 0 aliphatic carbocycles. The van der Waals surface area contributed by atoms with Gasteiger partial charge in [0.15, 0.2) is 0 Å². The van der Waals surface area contributed by atoms with Gasteiger partial charge in [-0.3, -0.25) is 4.79 Å². The van der Waals surface area contributed by atoms with Crippen LogP contribution in [-0.4, -0.2) is 44.6 Å². The van der Waals surface area contributed by atoms with Gasteiger partial charge in [-0.05, 0) is 51.1 Å². The Morgan fingerprint density at radius 3 is 2.50 bits per heavy atom. The number of hydrogen-bond donors (Lipinski definition) is 1. The highest BCUT2D eigenvalue weighted by molar-refractivity contribution is 5.77. The average Bonchev–Trinajstić information content (AvgIpc) is 2.42. The normalized spacial score (nSPS) is 10.6. The maximum Gasteiger partial charge on any atom is 0.234 e. The summed E-state index contributed by atoms with van der Waals surface area (Å²) in [5.41, 5.74) is 1.32. The molecule has 0 saturated carbocycles. The van der Waals surface area contributed by atoms with Crippen molar-refractivity contribution < 1.29 is 9.53 Å². The zero-order valence-corrected chi connectivity index (χ0v) is 12.8. The fourth-order valence-corrected chi connectivity index (χ4v) is 1.81. The fourth-order valence-electron chi connectivity index (χ4n) is 1.81. The Labute approximate surface area is 122 Å². The molecular weight excluding hydrogens is 252 g/mol. The molecule has 20 heavy (non-hydrogen) atoms. The summed E-state index contributed by atoms with van der Waals surface area (Å²) in [6, 6.07) is 8.21. The quantitative estimate of drug-likeness (QED) is 0.703. The standard InChI is InChI=1S/C16H26N2O2/c1-4-14-7-9-15(10-8-14)20-12-6-5-11-17-16(19)13-18(2)3/h7-10H,4-6,11-13H2,1-3H3,(H,17,19). The van der Waals surface area contributed by atoms with Gasteiger partial charge in [-0.25, -0.2) is 0 Å². The summed E-state index contributed by atoms with van der Waals surface area (Å²) in [5, 5.41) is 2.89. The number of benzene rings is 1. The van der Waals surface area contributed by atoms with Crippen LogP contribution in [0.3, 0.4) is 0 Å². The Morgan fingerprint density at radius 1 is 1.20 bits per heavy atom. The fraction of sp³-hybridized carbons (Fsp3) is 0.562. The van der Waals surface area contributed by atoms with Crippen LogP contribution in [0.2, 0.25) is 0 Å². The second kappa shape index (κ2) is 9.37. The maximum atomic E-state index is 11.4. The molecule has 0 aromatic heterocycles. The zero-order valence-electron chi connectivity index (χ0n) is 12.8. The first-order chi connectivity index (χ1) is 9.61. The SMILES string of the molecule is CCc1ccc(OCCCCNC(=O)CN(C)C)cc1. The van der Waals surface area contributed by atoms with Gasteiger partial charge in [0.05, 0.1) is 13.2 Å². The highest BCUT2D eigenvalue weighted by Crippen LogP contribution is 2.12. The van der Waals surface area contributed by atoms with Crippen LogP contribution in [0.1, 0.15) is 25.3 Å². The molecule has 0 spiro atoms. The highest BCUT2D eigenvalue weighted by Gasteiger charge is 2.01. The van der Waals surface area contributed by atoms with Gasteiger partial charge >= 0.3 is 0 Å². The van der Waals surface area contributed by atoms with E-state index >= 15 is 0 Å². The average molecular weight is 278 g/mol. The molecule has 1 aromatic carbocycles. The highest BCUT2D eigenvalue weighted by atomic mass is 16.5. The van der Waals surface area contributed by atoms with Crippen LogP contribution in [0.5, 0.6) is 5.75 Å². The molecule has 1 rings (SSSR count). The van der Waals surface area contributed by atoms with Gasteiger partial charge in [0.1, 0.15) is 5.75 Å². The lowest BCUT2D eigenvalue weighted by Crippen LogP contribution is -2.33. The summed E-state index contributed by atoms with van der Waals surface area (Å²) in [6.07, 6.45) is 2.93. The number of nitrogens with one attached hydrogen (secondary N) is 1. The van der Waals surface area contributed by atoms with Crippen LogP contribution in [0.15, 0.2) is 24.3 Å². The first-order valence-electron chi connectivity index (χ1n) is 7.25. The number of ether oxygens (including phenoxy) is 1. The van der Waals surface area contributed by atoms with Crippen molar-refractivity contribution in [2.45, 2.75) is 26.2 Å². The summed E-state index contributed by atoms with van der Waals surface area (Å²) >= 11 is 0. The Hall–Kier alpha value is -1.55. The van der Waals surface area contributed by atoms with E-state index in [0.717, 1.165) is 25.0 Å². The molecule has 0 heterocycles. The summed E-state index contributed by atoms with van der Waals surface area (Å²) in [4.78, 5) is 13.2. The third kappa shape index (κ3) is 7.14. The minimum atomic E-state index is 0.0751. The Kier molecular flexibility index (Phi) is 7.73. The van der Waals surface area contributed by atoms with Crippen LogP contribution >= 0.6 is 0 Å². The number of rotatable bonds is 9. The Bertz CT molecular complexity index is 388. The van der Waals surface area contributed by atoms with Crippen molar-refractivity contribution in [2.24, 2.45) is 0 Å². The molecule has 0 aliphatic rings. The zero-order chi connectivity index (χ0) is 14.8. The van der Waals surface area contributed by atoms with Gasteiger partial charge in [-0.1, -0.05) is 19.1 Å². The number of carbonyl (C=O) groups is 1. The second-order valence-electron chi connectivity index (χ2n) is 5.14. The molecule has 4 heteroatoms. The molecule has 4 nitrogen and oxygen atoms in total. The van der Waals surface area contributed by atoms with Gasteiger partial charge in [0, 0.05) is 6.54 Å². The lowest BCUT2D eigenvalue weighted by Gasteiger charge is -2.10. The number of amides is 1. The van der Waals surface area contributed by atoms with E-state index in [4.69, 9.17) is 4.74 Å². The number of aryl methyl sites for hydroxylation is 1. The number of carbonyl (C=O) groups excluding carboxylic acids is 1. The van der Waals surface area contributed by atoms with Crippen LogP contribution in [0.4, 0.5) is 0 Å². The lowest BCUT2D eigenvalue weighted by molar-refractivity contribution is -0.121. The predicted octanol–water partition coefficient (Wildman–Crippen LogP) is 2.09. The van der Waals surface area contributed by atoms with Gasteiger partial charge < -0.3 is 15.0 Å².